The van der Waals surface area contributed by atoms with Crippen molar-refractivity contribution >= 4 is 5.57 Å². The van der Waals surface area contributed by atoms with Gasteiger partial charge in [0.15, 0.2) is 0 Å². The molecule has 0 aliphatic carbocycles. The smallest absolute Gasteiger partial charge is 0.00221 e. The van der Waals surface area contributed by atoms with Crippen molar-refractivity contribution in [3.8, 4) is 0 Å². The number of benzene rings is 2. The molecule has 24 heavy (non-hydrogen) atoms. The quantitative estimate of drug-likeness (QED) is 0.670. The van der Waals surface area contributed by atoms with Gasteiger partial charge >= 0.3 is 0 Å². The van der Waals surface area contributed by atoms with Crippen molar-refractivity contribution in [3.05, 3.63) is 78.4 Å². The Morgan fingerprint density at radius 3 is 2.25 bits per heavy atom. The molecule has 1 saturated heterocycles. The van der Waals surface area contributed by atoms with Gasteiger partial charge in [0.05, 0.1) is 0 Å². The van der Waals surface area contributed by atoms with Crippen LogP contribution in [0.15, 0.2) is 67.2 Å². The molecule has 3 rings (SSSR count). The monoisotopic (exact) mass is 319 g/mol. The van der Waals surface area contributed by atoms with Gasteiger partial charge in [-0.05, 0) is 41.4 Å². The van der Waals surface area contributed by atoms with Crippen LogP contribution in [0.4, 0.5) is 0 Å². The Morgan fingerprint density at radius 1 is 0.958 bits per heavy atom. The molecule has 126 valence electrons. The minimum atomic E-state index is 0.794. The Labute approximate surface area is 147 Å². The molecule has 0 aromatic heterocycles. The molecule has 1 heteroatoms. The molecule has 0 N–H and O–H groups in total. The van der Waals surface area contributed by atoms with Gasteiger partial charge in [-0.2, -0.15) is 0 Å². The van der Waals surface area contributed by atoms with Crippen molar-refractivity contribution in [2.75, 3.05) is 19.6 Å². The Bertz CT molecular complexity index is 632. The lowest BCUT2D eigenvalue weighted by Gasteiger charge is -2.17. The second kappa shape index (κ2) is 8.30. The van der Waals surface area contributed by atoms with E-state index in [2.05, 4.69) is 79.1 Å². The van der Waals surface area contributed by atoms with E-state index < -0.39 is 0 Å². The Kier molecular flexibility index (Phi) is 5.87. The molecular weight excluding hydrogens is 290 g/mol. The maximum absolute atomic E-state index is 4.29. The highest BCUT2D eigenvalue weighted by Crippen LogP contribution is 2.30. The van der Waals surface area contributed by atoms with E-state index in [1.807, 2.05) is 0 Å². The second-order valence-corrected chi connectivity index (χ2v) is 7.10. The lowest BCUT2D eigenvalue weighted by molar-refractivity contribution is 0.328. The minimum Gasteiger partial charge on any atom is -0.302 e. The van der Waals surface area contributed by atoms with E-state index in [9.17, 15) is 0 Å². The van der Waals surface area contributed by atoms with Gasteiger partial charge in [-0.25, -0.2) is 0 Å². The summed E-state index contributed by atoms with van der Waals surface area (Å²) < 4.78 is 0. The minimum absolute atomic E-state index is 0.794. The third-order valence-electron chi connectivity index (χ3n) is 5.43. The first-order chi connectivity index (χ1) is 11.8. The molecule has 2 aromatic rings. The number of hydrogen-bond acceptors (Lipinski definition) is 1. The topological polar surface area (TPSA) is 3.24 Å². The Hall–Kier alpha value is -1.86. The second-order valence-electron chi connectivity index (χ2n) is 7.10. The zero-order chi connectivity index (χ0) is 16.8. The summed E-state index contributed by atoms with van der Waals surface area (Å²) in [6, 6.07) is 21.6. The summed E-state index contributed by atoms with van der Waals surface area (Å²) in [7, 11) is 0. The molecule has 1 heterocycles. The summed E-state index contributed by atoms with van der Waals surface area (Å²) in [6.07, 6.45) is 3.57. The molecule has 0 amide bonds. The van der Waals surface area contributed by atoms with Gasteiger partial charge < -0.3 is 4.90 Å². The van der Waals surface area contributed by atoms with Gasteiger partial charge in [0, 0.05) is 19.6 Å². The van der Waals surface area contributed by atoms with E-state index in [1.165, 1.54) is 42.6 Å². The highest BCUT2D eigenvalue weighted by Gasteiger charge is 2.31. The van der Waals surface area contributed by atoms with E-state index in [0.717, 1.165) is 24.8 Å². The summed E-state index contributed by atoms with van der Waals surface area (Å²) in [5.74, 6) is 1.62. The van der Waals surface area contributed by atoms with Gasteiger partial charge in [-0.3, -0.25) is 0 Å². The van der Waals surface area contributed by atoms with Crippen molar-refractivity contribution in [3.63, 3.8) is 0 Å². The molecule has 2 aromatic carbocycles. The third kappa shape index (κ3) is 4.36. The summed E-state index contributed by atoms with van der Waals surface area (Å²) >= 11 is 0. The van der Waals surface area contributed by atoms with E-state index >= 15 is 0 Å². The molecule has 0 radical (unpaired) electrons. The summed E-state index contributed by atoms with van der Waals surface area (Å²) in [5, 5.41) is 0. The Morgan fingerprint density at radius 2 is 1.58 bits per heavy atom. The fraction of sp³-hybridized carbons (Fsp3) is 0.391. The summed E-state index contributed by atoms with van der Waals surface area (Å²) in [5.41, 5.74) is 4.02. The van der Waals surface area contributed by atoms with Crippen LogP contribution >= 0.6 is 0 Å². The van der Waals surface area contributed by atoms with E-state index in [-0.39, 0.29) is 0 Å². The van der Waals surface area contributed by atoms with Crippen LogP contribution in [0.25, 0.3) is 5.57 Å². The predicted octanol–water partition coefficient (Wildman–Crippen LogP) is 5.29. The molecule has 1 aliphatic rings. The zero-order valence-electron chi connectivity index (χ0n) is 14.8. The largest absolute Gasteiger partial charge is 0.302 e. The maximum atomic E-state index is 4.29. The normalized spacial score (nSPS) is 21.0. The number of nitrogens with zero attached hydrogens (tertiary/aromatic N) is 1. The molecule has 0 bridgehead atoms. The van der Waals surface area contributed by atoms with Gasteiger partial charge in [-0.15, -0.1) is 0 Å². The van der Waals surface area contributed by atoms with Gasteiger partial charge in [0.25, 0.3) is 0 Å². The average Bonchev–Trinajstić information content (AvgIpc) is 3.03. The number of rotatable bonds is 7. The van der Waals surface area contributed by atoms with Crippen molar-refractivity contribution in [2.45, 2.75) is 26.2 Å². The lowest BCUT2D eigenvalue weighted by Crippen LogP contribution is -2.22. The van der Waals surface area contributed by atoms with Gasteiger partial charge in [0.2, 0.25) is 0 Å². The fourth-order valence-electron chi connectivity index (χ4n) is 3.94. The first kappa shape index (κ1) is 17.0. The van der Waals surface area contributed by atoms with Crippen LogP contribution in [0.2, 0.25) is 0 Å². The molecule has 1 aliphatic heterocycles. The van der Waals surface area contributed by atoms with E-state index in [4.69, 9.17) is 0 Å². The summed E-state index contributed by atoms with van der Waals surface area (Å²) in [4.78, 5) is 2.65. The standard InChI is InChI=1S/C23H29N/c1-3-21-17-24(15-14-19(2)22-12-8-5-9-13-22)18-23(21)16-20-10-6-4-7-11-20/h4-13,21,23H,2-3,14-18H2,1H3. The van der Waals surface area contributed by atoms with Crippen LogP contribution < -0.4 is 0 Å². The first-order valence-corrected chi connectivity index (χ1v) is 9.25. The van der Waals surface area contributed by atoms with E-state index in [0.29, 0.717) is 0 Å². The molecule has 0 saturated carbocycles. The third-order valence-corrected chi connectivity index (χ3v) is 5.43. The number of likely N-dealkylation sites (tertiary alicyclic amines) is 1. The first-order valence-electron chi connectivity index (χ1n) is 9.25. The van der Waals surface area contributed by atoms with Crippen molar-refractivity contribution in [1.82, 2.24) is 4.90 Å². The van der Waals surface area contributed by atoms with Crippen LogP contribution in [0, 0.1) is 11.8 Å². The predicted molar refractivity (Wildman–Crippen MR) is 104 cm³/mol. The van der Waals surface area contributed by atoms with Crippen LogP contribution in [0.1, 0.15) is 30.9 Å². The van der Waals surface area contributed by atoms with Crippen LogP contribution in [0.3, 0.4) is 0 Å². The summed E-state index contributed by atoms with van der Waals surface area (Å²) in [6.45, 7) is 10.2. The van der Waals surface area contributed by atoms with Crippen molar-refractivity contribution in [2.24, 2.45) is 11.8 Å². The maximum Gasteiger partial charge on any atom is 0.00221 e. The van der Waals surface area contributed by atoms with E-state index in [1.54, 1.807) is 0 Å². The van der Waals surface area contributed by atoms with Crippen LogP contribution in [0.5, 0.6) is 0 Å². The average molecular weight is 319 g/mol. The number of hydrogen-bond donors (Lipinski definition) is 0. The van der Waals surface area contributed by atoms with Gasteiger partial charge in [-0.1, -0.05) is 80.6 Å². The Balaban J connectivity index is 1.53. The molecule has 2 unspecified atom stereocenters. The van der Waals surface area contributed by atoms with Crippen molar-refractivity contribution in [1.29, 1.82) is 0 Å². The molecule has 2 atom stereocenters. The highest BCUT2D eigenvalue weighted by molar-refractivity contribution is 5.63. The fourth-order valence-corrected chi connectivity index (χ4v) is 3.94. The lowest BCUT2D eigenvalue weighted by atomic mass is 9.88. The van der Waals surface area contributed by atoms with Gasteiger partial charge in [0.1, 0.15) is 0 Å². The van der Waals surface area contributed by atoms with Crippen LogP contribution in [-0.2, 0) is 6.42 Å². The SMILES string of the molecule is C=C(CCN1CC(CC)C(Cc2ccccc2)C1)c1ccccc1. The van der Waals surface area contributed by atoms with Crippen molar-refractivity contribution < 1.29 is 0 Å². The van der Waals surface area contributed by atoms with Crippen LogP contribution in [-0.4, -0.2) is 24.5 Å². The molecular formula is C23H29N. The molecule has 1 nitrogen and oxygen atoms in total. The highest BCUT2D eigenvalue weighted by atomic mass is 15.1. The molecule has 0 spiro atoms. The zero-order valence-corrected chi connectivity index (χ0v) is 14.8. The molecule has 1 fully saturated rings.